The Kier molecular flexibility index (Phi) is 3.01. The van der Waals surface area contributed by atoms with Crippen LogP contribution in [0.5, 0.6) is 0 Å². The lowest BCUT2D eigenvalue weighted by Crippen LogP contribution is -2.54. The van der Waals surface area contributed by atoms with E-state index in [0.29, 0.717) is 6.04 Å². The molecule has 2 atom stereocenters. The summed E-state index contributed by atoms with van der Waals surface area (Å²) in [5, 5.41) is 4.47. The van der Waals surface area contributed by atoms with Crippen LogP contribution in [0.15, 0.2) is 16.8 Å². The van der Waals surface area contributed by atoms with Crippen LogP contribution in [0, 0.1) is 0 Å². The second-order valence-corrected chi connectivity index (χ2v) is 5.98. The van der Waals surface area contributed by atoms with Crippen molar-refractivity contribution in [2.75, 3.05) is 19.6 Å². The number of nitrogens with zero attached hydrogens (tertiary/aromatic N) is 2. The quantitative estimate of drug-likeness (QED) is 0.778. The first-order valence-corrected chi connectivity index (χ1v) is 7.26. The summed E-state index contributed by atoms with van der Waals surface area (Å²) in [7, 11) is 0. The fraction of sp³-hybridized carbons (Fsp3) is 0.692. The minimum absolute atomic E-state index is 0.717. The minimum Gasteiger partial charge on any atom is -0.298 e. The van der Waals surface area contributed by atoms with E-state index in [9.17, 15) is 0 Å². The molecular weight excluding hydrogens is 216 g/mol. The molecule has 0 N–H and O–H groups in total. The molecule has 2 aliphatic heterocycles. The summed E-state index contributed by atoms with van der Waals surface area (Å²) in [6, 6.07) is 3.82. The smallest absolute Gasteiger partial charge is 0.0246 e. The van der Waals surface area contributed by atoms with Gasteiger partial charge in [-0.3, -0.25) is 9.80 Å². The number of fused-ring (bicyclic) bond motifs is 1. The van der Waals surface area contributed by atoms with Crippen LogP contribution in [0.3, 0.4) is 0 Å². The van der Waals surface area contributed by atoms with Gasteiger partial charge in [0.15, 0.2) is 0 Å². The van der Waals surface area contributed by atoms with Crippen molar-refractivity contribution in [3.8, 4) is 0 Å². The molecule has 0 aliphatic carbocycles. The van der Waals surface area contributed by atoms with Gasteiger partial charge in [-0.2, -0.15) is 11.3 Å². The molecule has 2 aliphatic rings. The van der Waals surface area contributed by atoms with E-state index >= 15 is 0 Å². The van der Waals surface area contributed by atoms with Crippen LogP contribution in [0.4, 0.5) is 0 Å². The summed E-state index contributed by atoms with van der Waals surface area (Å²) in [6.07, 6.45) is 2.82. The van der Waals surface area contributed by atoms with Crippen molar-refractivity contribution in [3.63, 3.8) is 0 Å². The topological polar surface area (TPSA) is 6.48 Å². The van der Waals surface area contributed by atoms with Crippen molar-refractivity contribution in [1.29, 1.82) is 0 Å². The van der Waals surface area contributed by atoms with Crippen LogP contribution in [0.2, 0.25) is 0 Å². The Balaban J connectivity index is 1.66. The second-order valence-electron chi connectivity index (χ2n) is 5.20. The third-order valence-corrected chi connectivity index (χ3v) is 4.76. The van der Waals surface area contributed by atoms with Gasteiger partial charge in [-0.25, -0.2) is 0 Å². The summed E-state index contributed by atoms with van der Waals surface area (Å²) in [6.45, 7) is 7.41. The molecule has 2 fully saturated rings. The average molecular weight is 236 g/mol. The van der Waals surface area contributed by atoms with Crippen molar-refractivity contribution in [2.24, 2.45) is 0 Å². The molecule has 1 unspecified atom stereocenters. The zero-order valence-corrected chi connectivity index (χ0v) is 10.7. The van der Waals surface area contributed by atoms with Gasteiger partial charge < -0.3 is 0 Å². The minimum atomic E-state index is 0.717. The zero-order chi connectivity index (χ0) is 11.0. The maximum absolute atomic E-state index is 2.69. The van der Waals surface area contributed by atoms with Crippen LogP contribution in [0.25, 0.3) is 0 Å². The van der Waals surface area contributed by atoms with Crippen LogP contribution in [0.1, 0.15) is 25.3 Å². The SMILES string of the molecule is C[C@H]1CN2CCCC2CN1Cc1ccsc1. The Labute approximate surface area is 102 Å². The van der Waals surface area contributed by atoms with Crippen LogP contribution >= 0.6 is 11.3 Å². The lowest BCUT2D eigenvalue weighted by Gasteiger charge is -2.42. The predicted molar refractivity (Wildman–Crippen MR) is 68.8 cm³/mol. The normalized spacial score (nSPS) is 31.8. The molecule has 88 valence electrons. The first kappa shape index (κ1) is 10.8. The largest absolute Gasteiger partial charge is 0.298 e. The van der Waals surface area contributed by atoms with Gasteiger partial charge in [0, 0.05) is 31.7 Å². The molecule has 0 aromatic carbocycles. The van der Waals surface area contributed by atoms with Gasteiger partial charge in [0.1, 0.15) is 0 Å². The number of thiophene rings is 1. The molecular formula is C13H20N2S. The molecule has 0 saturated carbocycles. The Bertz CT molecular complexity index is 336. The highest BCUT2D eigenvalue weighted by molar-refractivity contribution is 7.07. The van der Waals surface area contributed by atoms with Crippen molar-refractivity contribution in [1.82, 2.24) is 9.80 Å². The molecule has 16 heavy (non-hydrogen) atoms. The Morgan fingerprint density at radius 2 is 2.38 bits per heavy atom. The molecule has 0 spiro atoms. The molecule has 3 heterocycles. The molecule has 2 saturated heterocycles. The molecule has 1 aromatic heterocycles. The third kappa shape index (κ3) is 2.04. The highest BCUT2D eigenvalue weighted by atomic mass is 32.1. The molecule has 0 radical (unpaired) electrons. The van der Waals surface area contributed by atoms with Gasteiger partial charge >= 0.3 is 0 Å². The highest BCUT2D eigenvalue weighted by Gasteiger charge is 2.34. The van der Waals surface area contributed by atoms with E-state index in [0.717, 1.165) is 12.6 Å². The van der Waals surface area contributed by atoms with E-state index in [1.54, 1.807) is 0 Å². The highest BCUT2D eigenvalue weighted by Crippen LogP contribution is 2.25. The predicted octanol–water partition coefficient (Wildman–Crippen LogP) is 2.42. The second kappa shape index (κ2) is 4.47. The third-order valence-electron chi connectivity index (χ3n) is 4.03. The maximum Gasteiger partial charge on any atom is 0.0246 e. The Morgan fingerprint density at radius 3 is 3.19 bits per heavy atom. The number of rotatable bonds is 2. The molecule has 0 bridgehead atoms. The van der Waals surface area contributed by atoms with E-state index in [2.05, 4.69) is 33.6 Å². The van der Waals surface area contributed by atoms with Crippen molar-refractivity contribution < 1.29 is 0 Å². The van der Waals surface area contributed by atoms with E-state index in [1.807, 2.05) is 11.3 Å². The summed E-state index contributed by atoms with van der Waals surface area (Å²) >= 11 is 1.81. The van der Waals surface area contributed by atoms with Gasteiger partial charge in [0.25, 0.3) is 0 Å². The van der Waals surface area contributed by atoms with Gasteiger partial charge in [0.2, 0.25) is 0 Å². The van der Waals surface area contributed by atoms with E-state index in [1.165, 1.54) is 38.0 Å². The molecule has 3 rings (SSSR count). The van der Waals surface area contributed by atoms with Crippen molar-refractivity contribution >= 4 is 11.3 Å². The first-order valence-electron chi connectivity index (χ1n) is 6.32. The average Bonchev–Trinajstić information content (AvgIpc) is 2.89. The lowest BCUT2D eigenvalue weighted by molar-refractivity contribution is 0.0541. The zero-order valence-electron chi connectivity index (χ0n) is 9.93. The summed E-state index contributed by atoms with van der Waals surface area (Å²) in [4.78, 5) is 5.35. The van der Waals surface area contributed by atoms with Crippen molar-refractivity contribution in [2.45, 2.75) is 38.4 Å². The van der Waals surface area contributed by atoms with Gasteiger partial charge in [-0.15, -0.1) is 0 Å². The monoisotopic (exact) mass is 236 g/mol. The standard InChI is InChI=1S/C13H20N2S/c1-11-7-14-5-2-3-13(14)9-15(11)8-12-4-6-16-10-12/h4,6,10-11,13H,2-3,5,7-9H2,1H3/t11-,13?/m0/s1. The maximum atomic E-state index is 2.69. The number of piperazine rings is 1. The van der Waals surface area contributed by atoms with Gasteiger partial charge in [-0.05, 0) is 48.7 Å². The van der Waals surface area contributed by atoms with E-state index in [4.69, 9.17) is 0 Å². The van der Waals surface area contributed by atoms with Gasteiger partial charge in [0.05, 0.1) is 0 Å². The number of hydrogen-bond donors (Lipinski definition) is 0. The first-order chi connectivity index (χ1) is 7.83. The fourth-order valence-electron chi connectivity index (χ4n) is 3.09. The van der Waals surface area contributed by atoms with Gasteiger partial charge in [-0.1, -0.05) is 0 Å². The summed E-state index contributed by atoms with van der Waals surface area (Å²) in [5.41, 5.74) is 1.49. The van der Waals surface area contributed by atoms with Crippen LogP contribution < -0.4 is 0 Å². The lowest BCUT2D eigenvalue weighted by atomic mass is 10.1. The molecule has 3 heteroatoms. The number of hydrogen-bond acceptors (Lipinski definition) is 3. The summed E-state index contributed by atoms with van der Waals surface area (Å²) < 4.78 is 0. The van der Waals surface area contributed by atoms with E-state index in [-0.39, 0.29) is 0 Å². The van der Waals surface area contributed by atoms with E-state index < -0.39 is 0 Å². The molecule has 0 amide bonds. The molecule has 1 aromatic rings. The van der Waals surface area contributed by atoms with Crippen LogP contribution in [-0.2, 0) is 6.54 Å². The Morgan fingerprint density at radius 1 is 1.44 bits per heavy atom. The van der Waals surface area contributed by atoms with Crippen LogP contribution in [-0.4, -0.2) is 41.5 Å². The summed E-state index contributed by atoms with van der Waals surface area (Å²) in [5.74, 6) is 0. The Hall–Kier alpha value is -0.380. The molecule has 2 nitrogen and oxygen atoms in total. The van der Waals surface area contributed by atoms with Crippen molar-refractivity contribution in [3.05, 3.63) is 22.4 Å². The fourth-order valence-corrected chi connectivity index (χ4v) is 3.75.